The average molecular weight is 190 g/mol. The zero-order chi connectivity index (χ0) is 8.32. The van der Waals surface area contributed by atoms with E-state index in [2.05, 4.69) is 12.8 Å². The fourth-order valence-corrected chi connectivity index (χ4v) is 3.93. The van der Waals surface area contributed by atoms with Crippen molar-refractivity contribution in [2.24, 2.45) is 0 Å². The van der Waals surface area contributed by atoms with E-state index in [-0.39, 0.29) is 10.2 Å². The molecule has 11 heavy (non-hydrogen) atoms. The van der Waals surface area contributed by atoms with Crippen LogP contribution in [0.5, 0.6) is 0 Å². The minimum absolute atomic E-state index is 0.0156. The molecule has 1 saturated heterocycles. The predicted octanol–water partition coefficient (Wildman–Crippen LogP) is 2.12. The molecule has 0 amide bonds. The second-order valence-electron chi connectivity index (χ2n) is 2.65. The van der Waals surface area contributed by atoms with Crippen molar-refractivity contribution >= 4 is 23.5 Å². The van der Waals surface area contributed by atoms with E-state index in [1.54, 1.807) is 17.8 Å². The summed E-state index contributed by atoms with van der Waals surface area (Å²) in [7, 11) is 0. The van der Waals surface area contributed by atoms with E-state index in [0.717, 1.165) is 6.42 Å². The van der Waals surface area contributed by atoms with Gasteiger partial charge in [0.05, 0.1) is 10.2 Å². The molecule has 1 fully saturated rings. The lowest BCUT2D eigenvalue weighted by Gasteiger charge is -2.29. The van der Waals surface area contributed by atoms with Gasteiger partial charge in [-0.1, -0.05) is 6.08 Å². The summed E-state index contributed by atoms with van der Waals surface area (Å²) in [6, 6.07) is 0. The monoisotopic (exact) mass is 190 g/mol. The van der Waals surface area contributed by atoms with Crippen molar-refractivity contribution in [2.75, 3.05) is 12.0 Å². The molecule has 1 aliphatic rings. The van der Waals surface area contributed by atoms with Crippen molar-refractivity contribution in [1.29, 1.82) is 0 Å². The van der Waals surface area contributed by atoms with E-state index in [4.69, 9.17) is 0 Å². The fraction of sp³-hybridized carbons (Fsp3) is 0.750. The van der Waals surface area contributed by atoms with Gasteiger partial charge in [-0.25, -0.2) is 0 Å². The van der Waals surface area contributed by atoms with Crippen molar-refractivity contribution in [3.63, 3.8) is 0 Å². The highest BCUT2D eigenvalue weighted by molar-refractivity contribution is 8.18. The molecule has 0 aliphatic carbocycles. The molecule has 2 unspecified atom stereocenters. The van der Waals surface area contributed by atoms with Crippen LogP contribution in [0.2, 0.25) is 0 Å². The van der Waals surface area contributed by atoms with Crippen LogP contribution in [0.15, 0.2) is 12.7 Å². The van der Waals surface area contributed by atoms with Crippen LogP contribution in [0.1, 0.15) is 12.8 Å². The van der Waals surface area contributed by atoms with E-state index in [0.29, 0.717) is 0 Å². The van der Waals surface area contributed by atoms with Crippen molar-refractivity contribution < 1.29 is 5.11 Å². The maximum absolute atomic E-state index is 9.65. The Kier molecular flexibility index (Phi) is 3.34. The van der Waals surface area contributed by atoms with Gasteiger partial charge in [0.15, 0.2) is 0 Å². The Hall–Kier alpha value is 0.400. The number of aliphatic hydroxyl groups excluding tert-OH is 1. The highest BCUT2D eigenvalue weighted by Gasteiger charge is 2.39. The molecule has 0 radical (unpaired) electrons. The highest BCUT2D eigenvalue weighted by Crippen LogP contribution is 2.48. The Labute approximate surface area is 76.6 Å². The van der Waals surface area contributed by atoms with Crippen molar-refractivity contribution in [3.05, 3.63) is 12.7 Å². The SMILES string of the molecule is C=CC(O)C1(SC)CCCS1. The first kappa shape index (κ1) is 9.49. The summed E-state index contributed by atoms with van der Waals surface area (Å²) in [6.07, 6.45) is 5.67. The molecular formula is C8H14OS2. The Morgan fingerprint density at radius 3 is 2.91 bits per heavy atom. The predicted molar refractivity (Wildman–Crippen MR) is 54.1 cm³/mol. The molecule has 1 aliphatic heterocycles. The quantitative estimate of drug-likeness (QED) is 0.688. The van der Waals surface area contributed by atoms with E-state index in [9.17, 15) is 5.11 Å². The smallest absolute Gasteiger partial charge is 0.0956 e. The van der Waals surface area contributed by atoms with Gasteiger partial charge in [0.25, 0.3) is 0 Å². The number of rotatable bonds is 3. The lowest BCUT2D eigenvalue weighted by Crippen LogP contribution is -2.31. The first-order valence-corrected chi connectivity index (χ1v) is 5.96. The lowest BCUT2D eigenvalue weighted by atomic mass is 10.1. The van der Waals surface area contributed by atoms with Crippen LogP contribution in [-0.2, 0) is 0 Å². The largest absolute Gasteiger partial charge is 0.387 e. The summed E-state index contributed by atoms with van der Waals surface area (Å²) in [4.78, 5) is 0. The van der Waals surface area contributed by atoms with Crippen LogP contribution in [0.4, 0.5) is 0 Å². The summed E-state index contributed by atoms with van der Waals surface area (Å²) < 4.78 is 0.0156. The van der Waals surface area contributed by atoms with Crippen LogP contribution >= 0.6 is 23.5 Å². The first-order chi connectivity index (χ1) is 5.25. The Bertz CT molecular complexity index is 141. The topological polar surface area (TPSA) is 20.2 Å². The van der Waals surface area contributed by atoms with E-state index in [1.807, 2.05) is 11.8 Å². The van der Waals surface area contributed by atoms with Crippen molar-refractivity contribution in [3.8, 4) is 0 Å². The van der Waals surface area contributed by atoms with Crippen molar-refractivity contribution in [1.82, 2.24) is 0 Å². The number of aliphatic hydroxyl groups is 1. The summed E-state index contributed by atoms with van der Waals surface area (Å²) >= 11 is 3.62. The Morgan fingerprint density at radius 1 is 1.82 bits per heavy atom. The zero-order valence-corrected chi connectivity index (χ0v) is 8.38. The van der Waals surface area contributed by atoms with Crippen LogP contribution in [0.25, 0.3) is 0 Å². The number of hydrogen-bond acceptors (Lipinski definition) is 3. The van der Waals surface area contributed by atoms with E-state index < -0.39 is 0 Å². The molecule has 2 atom stereocenters. The minimum atomic E-state index is -0.356. The molecule has 0 aromatic rings. The third kappa shape index (κ3) is 1.76. The van der Waals surface area contributed by atoms with Crippen LogP contribution in [0.3, 0.4) is 0 Å². The third-order valence-electron chi connectivity index (χ3n) is 2.04. The molecule has 1 heterocycles. The van der Waals surface area contributed by atoms with Crippen LogP contribution < -0.4 is 0 Å². The van der Waals surface area contributed by atoms with Gasteiger partial charge in [-0.2, -0.15) is 0 Å². The molecule has 0 aromatic carbocycles. The standard InChI is InChI=1S/C8H14OS2/c1-3-7(9)8(10-2)5-4-6-11-8/h3,7,9H,1,4-6H2,2H3. The highest BCUT2D eigenvalue weighted by atomic mass is 32.2. The fourth-order valence-electron chi connectivity index (χ4n) is 1.33. The minimum Gasteiger partial charge on any atom is -0.387 e. The number of hydrogen-bond donors (Lipinski definition) is 1. The molecule has 64 valence electrons. The van der Waals surface area contributed by atoms with Crippen molar-refractivity contribution in [2.45, 2.75) is 23.0 Å². The number of thioether (sulfide) groups is 2. The Morgan fingerprint density at radius 2 is 2.55 bits per heavy atom. The maximum atomic E-state index is 9.65. The maximum Gasteiger partial charge on any atom is 0.0956 e. The Balaban J connectivity index is 2.65. The summed E-state index contributed by atoms with van der Waals surface area (Å²) in [5, 5.41) is 9.65. The molecule has 3 heteroatoms. The first-order valence-electron chi connectivity index (χ1n) is 3.75. The van der Waals surface area contributed by atoms with Crippen LogP contribution in [0, 0.1) is 0 Å². The summed E-state index contributed by atoms with van der Waals surface area (Å²) in [5.74, 6) is 1.17. The molecule has 1 nitrogen and oxygen atoms in total. The van der Waals surface area contributed by atoms with Gasteiger partial charge in [0.1, 0.15) is 0 Å². The summed E-state index contributed by atoms with van der Waals surface area (Å²) in [6.45, 7) is 3.62. The molecular weight excluding hydrogens is 176 g/mol. The average Bonchev–Trinajstić information content (AvgIpc) is 2.52. The van der Waals surface area contributed by atoms with Gasteiger partial charge in [-0.15, -0.1) is 30.1 Å². The molecule has 0 saturated carbocycles. The molecule has 0 bridgehead atoms. The third-order valence-corrected chi connectivity index (χ3v) is 5.45. The zero-order valence-electron chi connectivity index (χ0n) is 6.75. The van der Waals surface area contributed by atoms with Gasteiger partial charge in [-0.05, 0) is 24.9 Å². The van der Waals surface area contributed by atoms with Gasteiger partial charge in [0.2, 0.25) is 0 Å². The van der Waals surface area contributed by atoms with Gasteiger partial charge < -0.3 is 5.11 Å². The molecule has 1 rings (SSSR count). The van der Waals surface area contributed by atoms with Gasteiger partial charge >= 0.3 is 0 Å². The van der Waals surface area contributed by atoms with E-state index >= 15 is 0 Å². The lowest BCUT2D eigenvalue weighted by molar-refractivity contribution is 0.207. The second kappa shape index (κ2) is 3.87. The second-order valence-corrected chi connectivity index (χ2v) is 5.47. The van der Waals surface area contributed by atoms with Gasteiger partial charge in [0, 0.05) is 0 Å². The molecule has 1 N–H and O–H groups in total. The van der Waals surface area contributed by atoms with E-state index in [1.165, 1.54) is 12.2 Å². The molecule has 0 aromatic heterocycles. The summed E-state index contributed by atoms with van der Waals surface area (Å²) in [5.41, 5.74) is 0. The van der Waals surface area contributed by atoms with Gasteiger partial charge in [-0.3, -0.25) is 0 Å². The molecule has 0 spiro atoms. The normalized spacial score (nSPS) is 33.6. The van der Waals surface area contributed by atoms with Crippen LogP contribution in [-0.4, -0.2) is 27.3 Å².